The van der Waals surface area contributed by atoms with Crippen molar-refractivity contribution in [2.24, 2.45) is 11.8 Å². The molecule has 0 aromatic carbocycles. The van der Waals surface area contributed by atoms with E-state index in [1.165, 1.54) is 0 Å². The Kier molecular flexibility index (Phi) is 3.28. The van der Waals surface area contributed by atoms with Gasteiger partial charge in [-0.05, 0) is 32.1 Å². The van der Waals surface area contributed by atoms with Crippen molar-refractivity contribution in [2.45, 2.75) is 38.1 Å². The summed E-state index contributed by atoms with van der Waals surface area (Å²) >= 11 is 0. The third-order valence-corrected chi connectivity index (χ3v) is 3.86. The van der Waals surface area contributed by atoms with Crippen molar-refractivity contribution in [3.63, 3.8) is 0 Å². The fourth-order valence-electron chi connectivity index (χ4n) is 2.31. The van der Waals surface area contributed by atoms with E-state index in [2.05, 4.69) is 10.6 Å². The van der Waals surface area contributed by atoms with E-state index in [0.717, 1.165) is 12.8 Å². The Morgan fingerprint density at radius 3 is 2.50 bits per heavy atom. The van der Waals surface area contributed by atoms with Crippen LogP contribution in [-0.2, 0) is 14.4 Å². The summed E-state index contributed by atoms with van der Waals surface area (Å²) in [5.74, 6) is -1.61. The maximum absolute atomic E-state index is 12.0. The zero-order chi connectivity index (χ0) is 13.3. The molecule has 18 heavy (non-hydrogen) atoms. The molecule has 0 radical (unpaired) electrons. The lowest BCUT2D eigenvalue weighted by atomic mass is 9.92. The lowest BCUT2D eigenvalue weighted by Crippen LogP contribution is -2.57. The van der Waals surface area contributed by atoms with Crippen molar-refractivity contribution in [1.29, 1.82) is 0 Å². The van der Waals surface area contributed by atoms with Gasteiger partial charge in [-0.3, -0.25) is 9.59 Å². The lowest BCUT2D eigenvalue weighted by Gasteiger charge is -2.30. The molecule has 2 fully saturated rings. The number of carboxylic acids is 1. The van der Waals surface area contributed by atoms with Crippen LogP contribution in [0, 0.1) is 11.8 Å². The molecule has 1 saturated carbocycles. The van der Waals surface area contributed by atoms with Crippen LogP contribution in [0.2, 0.25) is 0 Å². The number of rotatable bonds is 4. The Hall–Kier alpha value is -1.59. The van der Waals surface area contributed by atoms with Gasteiger partial charge in [0.25, 0.3) is 0 Å². The van der Waals surface area contributed by atoms with Gasteiger partial charge in [0, 0.05) is 13.0 Å². The lowest BCUT2D eigenvalue weighted by molar-refractivity contribution is -0.149. The maximum Gasteiger partial charge on any atom is 0.329 e. The first kappa shape index (κ1) is 12.9. The highest BCUT2D eigenvalue weighted by Crippen LogP contribution is 2.40. The van der Waals surface area contributed by atoms with Gasteiger partial charge in [-0.15, -0.1) is 0 Å². The van der Waals surface area contributed by atoms with Gasteiger partial charge < -0.3 is 15.7 Å². The van der Waals surface area contributed by atoms with E-state index in [1.54, 1.807) is 6.92 Å². The van der Waals surface area contributed by atoms with E-state index in [4.69, 9.17) is 0 Å². The third-order valence-electron chi connectivity index (χ3n) is 3.86. The molecule has 2 aliphatic rings. The van der Waals surface area contributed by atoms with Crippen LogP contribution in [0.5, 0.6) is 0 Å². The fraction of sp³-hybridized carbons (Fsp3) is 0.750. The van der Waals surface area contributed by atoms with Gasteiger partial charge >= 0.3 is 5.97 Å². The van der Waals surface area contributed by atoms with Crippen LogP contribution in [0.3, 0.4) is 0 Å². The molecule has 0 aromatic rings. The first-order valence-electron chi connectivity index (χ1n) is 6.25. The van der Waals surface area contributed by atoms with Crippen LogP contribution in [0.15, 0.2) is 0 Å². The first-order valence-corrected chi connectivity index (χ1v) is 6.25. The van der Waals surface area contributed by atoms with Crippen LogP contribution < -0.4 is 10.6 Å². The largest absolute Gasteiger partial charge is 0.480 e. The number of aliphatic carboxylic acids is 1. The number of carbonyl (C=O) groups is 3. The topological polar surface area (TPSA) is 95.5 Å². The molecule has 1 aliphatic carbocycles. The van der Waals surface area contributed by atoms with Gasteiger partial charge in [-0.25, -0.2) is 4.79 Å². The number of hydrogen-bond acceptors (Lipinski definition) is 3. The van der Waals surface area contributed by atoms with Crippen molar-refractivity contribution in [2.75, 3.05) is 6.54 Å². The molecule has 1 aliphatic heterocycles. The van der Waals surface area contributed by atoms with E-state index < -0.39 is 11.5 Å². The summed E-state index contributed by atoms with van der Waals surface area (Å²) < 4.78 is 0. The van der Waals surface area contributed by atoms with Crippen LogP contribution in [0.1, 0.15) is 32.6 Å². The van der Waals surface area contributed by atoms with Gasteiger partial charge in [0.15, 0.2) is 0 Å². The van der Waals surface area contributed by atoms with Crippen LogP contribution in [-0.4, -0.2) is 35.0 Å². The smallest absolute Gasteiger partial charge is 0.329 e. The predicted molar refractivity (Wildman–Crippen MR) is 62.6 cm³/mol. The Morgan fingerprint density at radius 1 is 1.39 bits per heavy atom. The summed E-state index contributed by atoms with van der Waals surface area (Å²) in [4.78, 5) is 34.3. The van der Waals surface area contributed by atoms with Gasteiger partial charge in [-0.2, -0.15) is 0 Å². The molecule has 2 unspecified atom stereocenters. The Labute approximate surface area is 105 Å². The number of nitrogens with one attached hydrogen (secondary N) is 2. The van der Waals surface area contributed by atoms with Crippen molar-refractivity contribution < 1.29 is 19.5 Å². The van der Waals surface area contributed by atoms with Crippen LogP contribution >= 0.6 is 0 Å². The second-order valence-corrected chi connectivity index (χ2v) is 5.31. The maximum atomic E-state index is 12.0. The second-order valence-electron chi connectivity index (χ2n) is 5.31. The monoisotopic (exact) mass is 254 g/mol. The molecule has 2 amide bonds. The minimum absolute atomic E-state index is 0.0251. The highest BCUT2D eigenvalue weighted by atomic mass is 16.4. The molecule has 100 valence electrons. The summed E-state index contributed by atoms with van der Waals surface area (Å²) in [5, 5.41) is 14.5. The highest BCUT2D eigenvalue weighted by Gasteiger charge is 2.49. The third kappa shape index (κ3) is 2.47. The van der Waals surface area contributed by atoms with Crippen molar-refractivity contribution in [3.8, 4) is 0 Å². The highest BCUT2D eigenvalue weighted by molar-refractivity contribution is 5.89. The number of piperidine rings is 1. The quantitative estimate of drug-likeness (QED) is 0.652. The zero-order valence-corrected chi connectivity index (χ0v) is 10.4. The molecule has 2 atom stereocenters. The standard InChI is InChI=1S/C12H18N2O4/c1-12(11(17)18,8-3-4-8)14-10(16)7-2-5-9(15)13-6-7/h7-8H,2-6H2,1H3,(H,13,15)(H,14,16)(H,17,18). The second kappa shape index (κ2) is 4.59. The normalized spacial score (nSPS) is 26.9. The average Bonchev–Trinajstić information content (AvgIpc) is 3.13. The van der Waals surface area contributed by atoms with Crippen LogP contribution in [0.4, 0.5) is 0 Å². The summed E-state index contributed by atoms with van der Waals surface area (Å²) in [5.41, 5.74) is -1.17. The summed E-state index contributed by atoms with van der Waals surface area (Å²) in [6, 6.07) is 0. The molecular formula is C12H18N2O4. The number of carboxylic acid groups (broad SMARTS) is 1. The van der Waals surface area contributed by atoms with Crippen LogP contribution in [0.25, 0.3) is 0 Å². The van der Waals surface area contributed by atoms with E-state index >= 15 is 0 Å². The van der Waals surface area contributed by atoms with Gasteiger partial charge in [-0.1, -0.05) is 0 Å². The molecule has 3 N–H and O–H groups in total. The SMILES string of the molecule is CC(NC(=O)C1CCC(=O)NC1)(C(=O)O)C1CC1. The van der Waals surface area contributed by atoms with Gasteiger partial charge in [0.1, 0.15) is 5.54 Å². The molecule has 0 aromatic heterocycles. The van der Waals surface area contributed by atoms with Crippen molar-refractivity contribution in [3.05, 3.63) is 0 Å². The number of carbonyl (C=O) groups excluding carboxylic acids is 2. The van der Waals surface area contributed by atoms with E-state index in [-0.39, 0.29) is 23.7 Å². The molecule has 2 rings (SSSR count). The summed E-state index contributed by atoms with van der Waals surface area (Å²) in [6.45, 7) is 1.86. The first-order chi connectivity index (χ1) is 8.43. The molecule has 6 heteroatoms. The number of hydrogen-bond donors (Lipinski definition) is 3. The van der Waals surface area contributed by atoms with Gasteiger partial charge in [0.2, 0.25) is 11.8 Å². The minimum atomic E-state index is -1.17. The zero-order valence-electron chi connectivity index (χ0n) is 10.4. The predicted octanol–water partition coefficient (Wildman–Crippen LogP) is -0.118. The average molecular weight is 254 g/mol. The number of amides is 2. The molecule has 1 saturated heterocycles. The van der Waals surface area contributed by atoms with Crippen molar-refractivity contribution in [1.82, 2.24) is 10.6 Å². The van der Waals surface area contributed by atoms with E-state index in [1.807, 2.05) is 0 Å². The van der Waals surface area contributed by atoms with Crippen molar-refractivity contribution >= 4 is 17.8 Å². The summed E-state index contributed by atoms with van der Waals surface area (Å²) in [6.07, 6.45) is 2.48. The Balaban J connectivity index is 1.97. The molecule has 0 bridgehead atoms. The Bertz CT molecular complexity index is 382. The molecule has 0 spiro atoms. The summed E-state index contributed by atoms with van der Waals surface area (Å²) in [7, 11) is 0. The minimum Gasteiger partial charge on any atom is -0.480 e. The Morgan fingerprint density at radius 2 is 2.06 bits per heavy atom. The molecule has 1 heterocycles. The van der Waals surface area contributed by atoms with E-state index in [9.17, 15) is 19.5 Å². The van der Waals surface area contributed by atoms with Gasteiger partial charge in [0.05, 0.1) is 5.92 Å². The fourth-order valence-corrected chi connectivity index (χ4v) is 2.31. The van der Waals surface area contributed by atoms with E-state index in [0.29, 0.717) is 19.4 Å². The molecular weight excluding hydrogens is 236 g/mol. The molecule has 6 nitrogen and oxygen atoms in total.